The first-order chi connectivity index (χ1) is 11.8. The van der Waals surface area contributed by atoms with Crippen molar-refractivity contribution in [3.8, 4) is 5.75 Å². The second-order valence-corrected chi connectivity index (χ2v) is 6.28. The maximum atomic E-state index is 12.6. The van der Waals surface area contributed by atoms with Crippen molar-refractivity contribution in [3.05, 3.63) is 64.5 Å². The maximum absolute atomic E-state index is 12.6. The van der Waals surface area contributed by atoms with Gasteiger partial charge < -0.3 is 10.1 Å². The van der Waals surface area contributed by atoms with Crippen LogP contribution in [0.4, 0.5) is 5.82 Å². The lowest BCUT2D eigenvalue weighted by molar-refractivity contribution is 0.102. The number of carbonyl (C=O) groups is 1. The van der Waals surface area contributed by atoms with E-state index in [2.05, 4.69) is 10.4 Å². The summed E-state index contributed by atoms with van der Waals surface area (Å²) in [5.74, 6) is 1.06. The molecule has 124 valence electrons. The molecule has 2 heterocycles. The maximum Gasteiger partial charge on any atom is 0.260 e. The van der Waals surface area contributed by atoms with Crippen molar-refractivity contribution >= 4 is 23.1 Å². The molecule has 3 rings (SSSR count). The molecule has 0 radical (unpaired) electrons. The van der Waals surface area contributed by atoms with Gasteiger partial charge in [0.2, 0.25) is 0 Å². The zero-order chi connectivity index (χ0) is 16.8. The lowest BCUT2D eigenvalue weighted by Crippen LogP contribution is -2.17. The van der Waals surface area contributed by atoms with E-state index in [0.29, 0.717) is 30.3 Å². The highest BCUT2D eigenvalue weighted by molar-refractivity contribution is 7.09. The molecule has 1 amide bonds. The quantitative estimate of drug-likeness (QED) is 0.706. The van der Waals surface area contributed by atoms with E-state index in [1.54, 1.807) is 34.3 Å². The number of hydrogen-bond acceptors (Lipinski definition) is 4. The van der Waals surface area contributed by atoms with E-state index in [1.165, 1.54) is 4.88 Å². The molecule has 0 spiro atoms. The summed E-state index contributed by atoms with van der Waals surface area (Å²) in [6.07, 6.45) is 2.58. The van der Waals surface area contributed by atoms with Crippen LogP contribution in [-0.2, 0) is 6.54 Å². The molecule has 0 bridgehead atoms. The van der Waals surface area contributed by atoms with Gasteiger partial charge in [-0.1, -0.05) is 25.1 Å². The van der Waals surface area contributed by atoms with Gasteiger partial charge in [0.05, 0.1) is 24.9 Å². The number of benzene rings is 1. The first-order valence-electron chi connectivity index (χ1n) is 7.85. The summed E-state index contributed by atoms with van der Waals surface area (Å²) in [6.45, 7) is 3.25. The topological polar surface area (TPSA) is 56.1 Å². The smallest absolute Gasteiger partial charge is 0.260 e. The van der Waals surface area contributed by atoms with Crippen LogP contribution in [0.3, 0.4) is 0 Å². The first-order valence-corrected chi connectivity index (χ1v) is 8.73. The molecular formula is C18H19N3O2S. The molecule has 2 aromatic heterocycles. The summed E-state index contributed by atoms with van der Waals surface area (Å²) in [6, 6.07) is 13.1. The molecular weight excluding hydrogens is 322 g/mol. The van der Waals surface area contributed by atoms with E-state index in [0.717, 1.165) is 6.42 Å². The number of carbonyl (C=O) groups excluding carboxylic acids is 1. The van der Waals surface area contributed by atoms with Gasteiger partial charge in [-0.2, -0.15) is 5.10 Å². The summed E-state index contributed by atoms with van der Waals surface area (Å²) >= 11 is 1.66. The van der Waals surface area contributed by atoms with Gasteiger partial charge in [0.1, 0.15) is 11.6 Å². The number of thiophene rings is 1. The minimum atomic E-state index is -0.199. The largest absolute Gasteiger partial charge is 0.493 e. The number of nitrogens with zero attached hydrogens (tertiary/aromatic N) is 2. The Kier molecular flexibility index (Phi) is 5.28. The predicted octanol–water partition coefficient (Wildman–Crippen LogP) is 4.03. The van der Waals surface area contributed by atoms with E-state index in [1.807, 2.05) is 42.6 Å². The molecule has 0 saturated carbocycles. The highest BCUT2D eigenvalue weighted by Gasteiger charge is 2.14. The van der Waals surface area contributed by atoms with Gasteiger partial charge in [0.25, 0.3) is 5.91 Å². The molecule has 3 aromatic rings. The SMILES string of the molecule is CCCOc1ccccc1C(=O)Nc1ccnn1Cc1cccs1. The van der Waals surface area contributed by atoms with Gasteiger partial charge in [0.15, 0.2) is 0 Å². The van der Waals surface area contributed by atoms with E-state index in [9.17, 15) is 4.79 Å². The van der Waals surface area contributed by atoms with Crippen LogP contribution in [0.1, 0.15) is 28.6 Å². The summed E-state index contributed by atoms with van der Waals surface area (Å²) < 4.78 is 7.44. The van der Waals surface area contributed by atoms with Crippen molar-refractivity contribution in [2.45, 2.75) is 19.9 Å². The average molecular weight is 341 g/mol. The molecule has 0 aliphatic heterocycles. The monoisotopic (exact) mass is 341 g/mol. The molecule has 5 nitrogen and oxygen atoms in total. The van der Waals surface area contributed by atoms with E-state index >= 15 is 0 Å². The van der Waals surface area contributed by atoms with Crippen LogP contribution in [-0.4, -0.2) is 22.3 Å². The molecule has 0 fully saturated rings. The fourth-order valence-corrected chi connectivity index (χ4v) is 2.98. The molecule has 0 aliphatic rings. The van der Waals surface area contributed by atoms with Crippen LogP contribution in [0, 0.1) is 0 Å². The van der Waals surface area contributed by atoms with Crippen molar-refractivity contribution in [2.75, 3.05) is 11.9 Å². The minimum absolute atomic E-state index is 0.199. The molecule has 0 saturated heterocycles. The van der Waals surface area contributed by atoms with Gasteiger partial charge in [0, 0.05) is 10.9 Å². The number of para-hydroxylation sites is 1. The van der Waals surface area contributed by atoms with E-state index in [4.69, 9.17) is 4.74 Å². The molecule has 0 unspecified atom stereocenters. The zero-order valence-electron chi connectivity index (χ0n) is 13.4. The second kappa shape index (κ2) is 7.79. The third-order valence-corrected chi connectivity index (χ3v) is 4.30. The normalized spacial score (nSPS) is 10.5. The Bertz CT molecular complexity index is 796. The minimum Gasteiger partial charge on any atom is -0.493 e. The van der Waals surface area contributed by atoms with Crippen molar-refractivity contribution in [2.24, 2.45) is 0 Å². The number of aromatic nitrogens is 2. The van der Waals surface area contributed by atoms with Crippen molar-refractivity contribution in [1.29, 1.82) is 0 Å². The highest BCUT2D eigenvalue weighted by atomic mass is 32.1. The van der Waals surface area contributed by atoms with Crippen LogP contribution in [0.5, 0.6) is 5.75 Å². The molecule has 6 heteroatoms. The molecule has 24 heavy (non-hydrogen) atoms. The number of hydrogen-bond donors (Lipinski definition) is 1. The second-order valence-electron chi connectivity index (χ2n) is 5.25. The molecule has 1 aromatic carbocycles. The van der Waals surface area contributed by atoms with Gasteiger partial charge in [-0.05, 0) is 30.0 Å². The highest BCUT2D eigenvalue weighted by Crippen LogP contribution is 2.20. The van der Waals surface area contributed by atoms with Crippen LogP contribution in [0.2, 0.25) is 0 Å². The number of rotatable bonds is 7. The van der Waals surface area contributed by atoms with Crippen molar-refractivity contribution < 1.29 is 9.53 Å². The Morgan fingerprint density at radius 1 is 1.25 bits per heavy atom. The first kappa shape index (κ1) is 16.3. The predicted molar refractivity (Wildman–Crippen MR) is 95.8 cm³/mol. The third-order valence-electron chi connectivity index (χ3n) is 3.44. The Morgan fingerprint density at radius 2 is 2.12 bits per heavy atom. The molecule has 0 atom stereocenters. The number of anilines is 1. The lowest BCUT2D eigenvalue weighted by atomic mass is 10.2. The average Bonchev–Trinajstić information content (AvgIpc) is 3.26. The van der Waals surface area contributed by atoms with Gasteiger partial charge in [-0.3, -0.25) is 4.79 Å². The zero-order valence-corrected chi connectivity index (χ0v) is 14.3. The number of ether oxygens (including phenoxy) is 1. The van der Waals surface area contributed by atoms with Gasteiger partial charge in [-0.25, -0.2) is 4.68 Å². The number of amides is 1. The fourth-order valence-electron chi connectivity index (χ4n) is 2.29. The third kappa shape index (κ3) is 3.83. The molecule has 0 aliphatic carbocycles. The van der Waals surface area contributed by atoms with Gasteiger partial charge >= 0.3 is 0 Å². The van der Waals surface area contributed by atoms with Gasteiger partial charge in [-0.15, -0.1) is 11.3 Å². The Balaban J connectivity index is 1.75. The fraction of sp³-hybridized carbons (Fsp3) is 0.222. The Hall–Kier alpha value is -2.60. The molecule has 1 N–H and O–H groups in total. The Morgan fingerprint density at radius 3 is 2.92 bits per heavy atom. The van der Waals surface area contributed by atoms with Crippen LogP contribution in [0.15, 0.2) is 54.0 Å². The summed E-state index contributed by atoms with van der Waals surface area (Å²) in [4.78, 5) is 13.8. The van der Waals surface area contributed by atoms with Crippen LogP contribution >= 0.6 is 11.3 Å². The van der Waals surface area contributed by atoms with Crippen LogP contribution in [0.25, 0.3) is 0 Å². The van der Waals surface area contributed by atoms with E-state index in [-0.39, 0.29) is 5.91 Å². The Labute approximate surface area is 144 Å². The summed E-state index contributed by atoms with van der Waals surface area (Å²) in [5, 5.41) is 9.24. The standard InChI is InChI=1S/C18H19N3O2S/c1-2-11-23-16-8-4-3-7-15(16)18(22)20-17-9-10-19-21(17)13-14-6-5-12-24-14/h3-10,12H,2,11,13H2,1H3,(H,20,22). The van der Waals surface area contributed by atoms with Crippen LogP contribution < -0.4 is 10.1 Å². The lowest BCUT2D eigenvalue weighted by Gasteiger charge is -2.12. The van der Waals surface area contributed by atoms with Crippen molar-refractivity contribution in [3.63, 3.8) is 0 Å². The summed E-state index contributed by atoms with van der Waals surface area (Å²) in [5.41, 5.74) is 0.523. The number of nitrogens with one attached hydrogen (secondary N) is 1. The summed E-state index contributed by atoms with van der Waals surface area (Å²) in [7, 11) is 0. The van der Waals surface area contributed by atoms with E-state index < -0.39 is 0 Å². The van der Waals surface area contributed by atoms with Crippen molar-refractivity contribution in [1.82, 2.24) is 9.78 Å².